The SMILES string of the molecule is COc1cc([C@H](N)CCC(F)(F)F)cc(OC)c1OC.Cl. The summed E-state index contributed by atoms with van der Waals surface area (Å²) in [6.07, 6.45) is -5.37. The van der Waals surface area contributed by atoms with Gasteiger partial charge in [-0.3, -0.25) is 0 Å². The first-order chi connectivity index (χ1) is 9.32. The molecule has 0 aliphatic carbocycles. The Kier molecular flexibility index (Phi) is 7.67. The van der Waals surface area contributed by atoms with Gasteiger partial charge in [-0.2, -0.15) is 13.2 Å². The maximum Gasteiger partial charge on any atom is 0.389 e. The molecule has 1 atom stereocenters. The summed E-state index contributed by atoms with van der Waals surface area (Å²) in [5, 5.41) is 0. The van der Waals surface area contributed by atoms with Gasteiger partial charge in [0.2, 0.25) is 5.75 Å². The van der Waals surface area contributed by atoms with Crippen LogP contribution in [0.15, 0.2) is 12.1 Å². The van der Waals surface area contributed by atoms with Crippen LogP contribution in [-0.2, 0) is 0 Å². The van der Waals surface area contributed by atoms with Crippen LogP contribution >= 0.6 is 12.4 Å². The van der Waals surface area contributed by atoms with Gasteiger partial charge in [0.25, 0.3) is 0 Å². The number of benzene rings is 1. The maximum absolute atomic E-state index is 12.2. The van der Waals surface area contributed by atoms with Crippen molar-refractivity contribution in [3.05, 3.63) is 17.7 Å². The average Bonchev–Trinajstić information content (AvgIpc) is 2.42. The third-order valence-electron chi connectivity index (χ3n) is 2.85. The number of methoxy groups -OCH3 is 3. The van der Waals surface area contributed by atoms with E-state index in [2.05, 4.69) is 0 Å². The zero-order chi connectivity index (χ0) is 15.3. The standard InChI is InChI=1S/C13H18F3NO3.ClH/c1-18-10-6-8(7-11(19-2)12(10)20-3)9(17)4-5-13(14,15)16;/h6-7,9H,4-5,17H2,1-3H3;1H/t9-;/m1./s1. The van der Waals surface area contributed by atoms with Crippen molar-refractivity contribution in [2.45, 2.75) is 25.1 Å². The fraction of sp³-hybridized carbons (Fsp3) is 0.538. The molecule has 8 heteroatoms. The number of nitrogens with two attached hydrogens (primary N) is 1. The lowest BCUT2D eigenvalue weighted by Crippen LogP contribution is -2.16. The van der Waals surface area contributed by atoms with Crippen molar-refractivity contribution in [2.75, 3.05) is 21.3 Å². The van der Waals surface area contributed by atoms with Gasteiger partial charge < -0.3 is 19.9 Å². The molecule has 1 aromatic carbocycles. The molecule has 21 heavy (non-hydrogen) atoms. The lowest BCUT2D eigenvalue weighted by Gasteiger charge is -2.18. The average molecular weight is 330 g/mol. The van der Waals surface area contributed by atoms with Crippen LogP contribution in [0, 0.1) is 0 Å². The van der Waals surface area contributed by atoms with Crippen molar-refractivity contribution in [3.63, 3.8) is 0 Å². The molecule has 0 aromatic heterocycles. The Hall–Kier alpha value is -1.34. The summed E-state index contributed by atoms with van der Waals surface area (Å²) in [4.78, 5) is 0. The minimum atomic E-state index is -4.22. The molecule has 0 aliphatic heterocycles. The van der Waals surface area contributed by atoms with E-state index < -0.39 is 18.6 Å². The van der Waals surface area contributed by atoms with Crippen molar-refractivity contribution in [1.82, 2.24) is 0 Å². The minimum Gasteiger partial charge on any atom is -0.493 e. The van der Waals surface area contributed by atoms with Gasteiger partial charge in [-0.05, 0) is 24.1 Å². The Balaban J connectivity index is 0.00000400. The molecule has 4 nitrogen and oxygen atoms in total. The largest absolute Gasteiger partial charge is 0.493 e. The van der Waals surface area contributed by atoms with Crippen LogP contribution in [-0.4, -0.2) is 27.5 Å². The number of ether oxygens (including phenoxy) is 3. The molecule has 0 aliphatic rings. The molecule has 122 valence electrons. The monoisotopic (exact) mass is 329 g/mol. The van der Waals surface area contributed by atoms with Crippen molar-refractivity contribution < 1.29 is 27.4 Å². The van der Waals surface area contributed by atoms with E-state index in [0.29, 0.717) is 22.8 Å². The summed E-state index contributed by atoms with van der Waals surface area (Å²) in [5.74, 6) is 1.11. The van der Waals surface area contributed by atoms with Gasteiger partial charge in [0.15, 0.2) is 11.5 Å². The normalized spacial score (nSPS) is 12.3. The Morgan fingerprint density at radius 1 is 1.05 bits per heavy atom. The van der Waals surface area contributed by atoms with Crippen LogP contribution < -0.4 is 19.9 Å². The highest BCUT2D eigenvalue weighted by Crippen LogP contribution is 2.40. The number of hydrogen-bond acceptors (Lipinski definition) is 4. The van der Waals surface area contributed by atoms with Gasteiger partial charge in [-0.1, -0.05) is 0 Å². The number of rotatable bonds is 6. The first-order valence-corrected chi connectivity index (χ1v) is 5.94. The molecular formula is C13H19ClF3NO3. The fourth-order valence-corrected chi connectivity index (χ4v) is 1.80. The second-order valence-corrected chi connectivity index (χ2v) is 4.22. The first kappa shape index (κ1) is 19.7. The van der Waals surface area contributed by atoms with E-state index in [9.17, 15) is 13.2 Å². The van der Waals surface area contributed by atoms with Crippen molar-refractivity contribution >= 4 is 12.4 Å². The predicted molar refractivity (Wildman–Crippen MR) is 75.6 cm³/mol. The van der Waals surface area contributed by atoms with Crippen molar-refractivity contribution in [2.24, 2.45) is 5.73 Å². The minimum absolute atomic E-state index is 0. The van der Waals surface area contributed by atoms with Crippen LogP contribution in [0.5, 0.6) is 17.2 Å². The molecule has 2 N–H and O–H groups in total. The Labute approximate surface area is 127 Å². The van der Waals surface area contributed by atoms with Crippen molar-refractivity contribution in [1.29, 1.82) is 0 Å². The molecule has 1 aromatic rings. The highest BCUT2D eigenvalue weighted by molar-refractivity contribution is 5.85. The van der Waals surface area contributed by atoms with Gasteiger partial charge in [0, 0.05) is 12.5 Å². The van der Waals surface area contributed by atoms with Crippen LogP contribution in [0.1, 0.15) is 24.4 Å². The van der Waals surface area contributed by atoms with Crippen LogP contribution in [0.25, 0.3) is 0 Å². The summed E-state index contributed by atoms with van der Waals surface area (Å²) in [7, 11) is 4.31. The number of hydrogen-bond donors (Lipinski definition) is 1. The topological polar surface area (TPSA) is 53.7 Å². The zero-order valence-corrected chi connectivity index (χ0v) is 12.8. The van der Waals surface area contributed by atoms with E-state index >= 15 is 0 Å². The van der Waals surface area contributed by atoms with Crippen LogP contribution in [0.3, 0.4) is 0 Å². The third-order valence-corrected chi connectivity index (χ3v) is 2.85. The highest BCUT2D eigenvalue weighted by atomic mass is 35.5. The van der Waals surface area contributed by atoms with Gasteiger partial charge in [0.1, 0.15) is 0 Å². The molecule has 1 rings (SSSR count). The second-order valence-electron chi connectivity index (χ2n) is 4.22. The molecule has 0 spiro atoms. The second kappa shape index (κ2) is 8.19. The molecule has 0 saturated carbocycles. The summed E-state index contributed by atoms with van der Waals surface area (Å²) in [6.45, 7) is 0. The van der Waals surface area contributed by atoms with E-state index in [-0.39, 0.29) is 18.8 Å². The van der Waals surface area contributed by atoms with E-state index in [4.69, 9.17) is 19.9 Å². The molecule has 0 heterocycles. The van der Waals surface area contributed by atoms with Crippen LogP contribution in [0.4, 0.5) is 13.2 Å². The maximum atomic E-state index is 12.2. The summed E-state index contributed by atoms with van der Waals surface area (Å²) < 4.78 is 52.0. The lowest BCUT2D eigenvalue weighted by atomic mass is 10.0. The summed E-state index contributed by atoms with van der Waals surface area (Å²) in [5.41, 5.74) is 6.29. The van der Waals surface area contributed by atoms with E-state index in [0.717, 1.165) is 0 Å². The summed E-state index contributed by atoms with van der Waals surface area (Å²) in [6, 6.07) is 2.36. The van der Waals surface area contributed by atoms with Crippen molar-refractivity contribution in [3.8, 4) is 17.2 Å². The van der Waals surface area contributed by atoms with E-state index in [1.165, 1.54) is 21.3 Å². The molecule has 0 fully saturated rings. The predicted octanol–water partition coefficient (Wildman–Crippen LogP) is 3.48. The Morgan fingerprint density at radius 3 is 1.86 bits per heavy atom. The molecule has 0 saturated heterocycles. The molecular weight excluding hydrogens is 311 g/mol. The fourth-order valence-electron chi connectivity index (χ4n) is 1.80. The molecule has 0 radical (unpaired) electrons. The molecule has 0 unspecified atom stereocenters. The molecule has 0 amide bonds. The van der Waals surface area contributed by atoms with E-state index in [1.807, 2.05) is 0 Å². The Morgan fingerprint density at radius 2 is 1.52 bits per heavy atom. The van der Waals surface area contributed by atoms with Gasteiger partial charge in [-0.15, -0.1) is 12.4 Å². The van der Waals surface area contributed by atoms with E-state index in [1.54, 1.807) is 12.1 Å². The van der Waals surface area contributed by atoms with Gasteiger partial charge >= 0.3 is 6.18 Å². The van der Waals surface area contributed by atoms with Gasteiger partial charge in [0.05, 0.1) is 21.3 Å². The number of alkyl halides is 3. The zero-order valence-electron chi connectivity index (χ0n) is 12.0. The van der Waals surface area contributed by atoms with Crippen LogP contribution in [0.2, 0.25) is 0 Å². The number of halogens is 4. The smallest absolute Gasteiger partial charge is 0.389 e. The van der Waals surface area contributed by atoms with Gasteiger partial charge in [-0.25, -0.2) is 0 Å². The lowest BCUT2D eigenvalue weighted by molar-refractivity contribution is -0.136. The highest BCUT2D eigenvalue weighted by Gasteiger charge is 2.28. The summed E-state index contributed by atoms with van der Waals surface area (Å²) >= 11 is 0. The Bertz CT molecular complexity index is 430. The third kappa shape index (κ3) is 5.51. The quantitative estimate of drug-likeness (QED) is 0.868. The molecule has 0 bridgehead atoms. The first-order valence-electron chi connectivity index (χ1n) is 5.94.